The number of nitrogens with two attached hydrogens (primary N) is 1. The Kier molecular flexibility index (Phi) is 3.34. The molecule has 1 aromatic rings. The molecule has 1 saturated heterocycles. The Labute approximate surface area is 95.8 Å². The molecule has 17 heavy (non-hydrogen) atoms. The van der Waals surface area contributed by atoms with Gasteiger partial charge in [-0.15, -0.1) is 0 Å². The molecule has 1 aromatic heterocycles. The number of alkyl halides is 3. The zero-order valence-electron chi connectivity index (χ0n) is 9.07. The van der Waals surface area contributed by atoms with Gasteiger partial charge in [0.1, 0.15) is 0 Å². The van der Waals surface area contributed by atoms with Crippen LogP contribution in [0.25, 0.3) is 0 Å². The van der Waals surface area contributed by atoms with Gasteiger partial charge in [-0.2, -0.15) is 18.2 Å². The smallest absolute Gasteiger partial charge is 0.338 e. The first kappa shape index (κ1) is 12.3. The van der Waals surface area contributed by atoms with Gasteiger partial charge in [0, 0.05) is 12.6 Å². The largest absolute Gasteiger partial charge is 0.455 e. The first-order chi connectivity index (χ1) is 7.95. The zero-order valence-corrected chi connectivity index (χ0v) is 9.07. The fourth-order valence-electron chi connectivity index (χ4n) is 1.86. The van der Waals surface area contributed by atoms with Crippen LogP contribution in [0.4, 0.5) is 13.2 Å². The monoisotopic (exact) mass is 250 g/mol. The highest BCUT2D eigenvalue weighted by Gasteiger charge is 2.37. The molecule has 1 atom stereocenters. The van der Waals surface area contributed by atoms with Crippen LogP contribution in [-0.2, 0) is 12.7 Å². The van der Waals surface area contributed by atoms with E-state index in [2.05, 4.69) is 14.7 Å². The number of piperidine rings is 1. The molecule has 5 nitrogen and oxygen atoms in total. The van der Waals surface area contributed by atoms with E-state index in [0.29, 0.717) is 6.54 Å². The molecule has 0 amide bonds. The summed E-state index contributed by atoms with van der Waals surface area (Å²) in [4.78, 5) is 5.23. The molecule has 0 radical (unpaired) electrons. The molecule has 0 spiro atoms. The molecule has 1 aliphatic heterocycles. The summed E-state index contributed by atoms with van der Waals surface area (Å²) in [5.74, 6) is -1.25. The molecule has 8 heteroatoms. The van der Waals surface area contributed by atoms with E-state index in [1.165, 1.54) is 0 Å². The van der Waals surface area contributed by atoms with E-state index in [0.717, 1.165) is 19.4 Å². The molecule has 1 fully saturated rings. The average Bonchev–Trinajstić information content (AvgIpc) is 2.65. The lowest BCUT2D eigenvalue weighted by atomic mass is 10.1. The van der Waals surface area contributed by atoms with Crippen LogP contribution < -0.4 is 5.73 Å². The van der Waals surface area contributed by atoms with Crippen molar-refractivity contribution in [1.29, 1.82) is 0 Å². The second-order valence-corrected chi connectivity index (χ2v) is 4.15. The van der Waals surface area contributed by atoms with Crippen LogP contribution in [0.5, 0.6) is 0 Å². The van der Waals surface area contributed by atoms with Gasteiger partial charge in [-0.25, -0.2) is 0 Å². The third kappa shape index (κ3) is 3.16. The summed E-state index contributed by atoms with van der Waals surface area (Å²) in [5, 5.41) is 2.90. The standard InChI is InChI=1S/C9H13F3N4O/c10-9(11,12)8-14-7(17-15-8)5-16-3-1-2-6(13)4-16/h6H,1-5,13H2. The second-order valence-electron chi connectivity index (χ2n) is 4.15. The maximum Gasteiger partial charge on any atom is 0.455 e. The number of aromatic nitrogens is 2. The fourth-order valence-corrected chi connectivity index (χ4v) is 1.86. The summed E-state index contributed by atoms with van der Waals surface area (Å²) < 4.78 is 41.2. The van der Waals surface area contributed by atoms with E-state index >= 15 is 0 Å². The van der Waals surface area contributed by atoms with Crippen LogP contribution in [0.1, 0.15) is 24.6 Å². The van der Waals surface area contributed by atoms with Crippen LogP contribution >= 0.6 is 0 Å². The lowest BCUT2D eigenvalue weighted by molar-refractivity contribution is -0.146. The Hall–Kier alpha value is -1.15. The van der Waals surface area contributed by atoms with Gasteiger partial charge in [0.2, 0.25) is 5.89 Å². The van der Waals surface area contributed by atoms with Gasteiger partial charge in [0.15, 0.2) is 0 Å². The van der Waals surface area contributed by atoms with Crippen LogP contribution in [0, 0.1) is 0 Å². The predicted octanol–water partition coefficient (Wildman–Crippen LogP) is 1.01. The molecule has 0 bridgehead atoms. The molecule has 2 N–H and O–H groups in total. The van der Waals surface area contributed by atoms with Crippen molar-refractivity contribution in [3.8, 4) is 0 Å². The van der Waals surface area contributed by atoms with Gasteiger partial charge in [-0.1, -0.05) is 5.16 Å². The van der Waals surface area contributed by atoms with Crippen LogP contribution in [0.2, 0.25) is 0 Å². The van der Waals surface area contributed by atoms with E-state index in [-0.39, 0.29) is 18.5 Å². The number of rotatable bonds is 2. The number of hydrogen-bond acceptors (Lipinski definition) is 5. The van der Waals surface area contributed by atoms with Crippen molar-refractivity contribution < 1.29 is 17.7 Å². The second kappa shape index (κ2) is 4.61. The Bertz CT molecular complexity index is 379. The molecule has 0 saturated carbocycles. The maximum absolute atomic E-state index is 12.2. The van der Waals surface area contributed by atoms with Crippen LogP contribution in [0.3, 0.4) is 0 Å². The molecular weight excluding hydrogens is 237 g/mol. The average molecular weight is 250 g/mol. The van der Waals surface area contributed by atoms with Gasteiger partial charge in [0.05, 0.1) is 6.54 Å². The van der Waals surface area contributed by atoms with E-state index in [9.17, 15) is 13.2 Å². The Balaban J connectivity index is 1.97. The van der Waals surface area contributed by atoms with Crippen molar-refractivity contribution in [2.45, 2.75) is 31.6 Å². The fraction of sp³-hybridized carbons (Fsp3) is 0.778. The van der Waals surface area contributed by atoms with Crippen molar-refractivity contribution in [2.24, 2.45) is 5.73 Å². The zero-order chi connectivity index (χ0) is 12.5. The minimum atomic E-state index is -4.56. The minimum absolute atomic E-state index is 0.0218. The van der Waals surface area contributed by atoms with Gasteiger partial charge < -0.3 is 10.3 Å². The van der Waals surface area contributed by atoms with Crippen molar-refractivity contribution >= 4 is 0 Å². The lowest BCUT2D eigenvalue weighted by Gasteiger charge is -2.29. The highest BCUT2D eigenvalue weighted by molar-refractivity contribution is 4.91. The SMILES string of the molecule is NC1CCCN(Cc2nc(C(F)(F)F)no2)C1. The van der Waals surface area contributed by atoms with Crippen LogP contribution in [0.15, 0.2) is 4.52 Å². The van der Waals surface area contributed by atoms with Gasteiger partial charge in [-0.3, -0.25) is 4.90 Å². The molecule has 96 valence electrons. The first-order valence-corrected chi connectivity index (χ1v) is 5.33. The van der Waals surface area contributed by atoms with Crippen LogP contribution in [-0.4, -0.2) is 34.2 Å². The van der Waals surface area contributed by atoms with E-state index in [1.807, 2.05) is 4.90 Å². The van der Waals surface area contributed by atoms with Gasteiger partial charge in [-0.05, 0) is 19.4 Å². The molecular formula is C9H13F3N4O. The normalized spacial score (nSPS) is 22.9. The van der Waals surface area contributed by atoms with Crippen molar-refractivity contribution in [3.05, 3.63) is 11.7 Å². The summed E-state index contributed by atoms with van der Waals surface area (Å²) in [7, 11) is 0. The first-order valence-electron chi connectivity index (χ1n) is 5.33. The van der Waals surface area contributed by atoms with Crippen molar-refractivity contribution in [2.75, 3.05) is 13.1 Å². The number of halogens is 3. The van der Waals surface area contributed by atoms with Crippen molar-refractivity contribution in [1.82, 2.24) is 15.0 Å². The summed E-state index contributed by atoms with van der Waals surface area (Å²) in [6.45, 7) is 1.65. The quantitative estimate of drug-likeness (QED) is 0.848. The molecule has 0 aromatic carbocycles. The third-order valence-corrected chi connectivity index (χ3v) is 2.62. The Morgan fingerprint density at radius 2 is 2.24 bits per heavy atom. The van der Waals surface area contributed by atoms with Gasteiger partial charge in [0.25, 0.3) is 5.82 Å². The highest BCUT2D eigenvalue weighted by Crippen LogP contribution is 2.26. The van der Waals surface area contributed by atoms with Gasteiger partial charge >= 0.3 is 6.18 Å². The highest BCUT2D eigenvalue weighted by atomic mass is 19.4. The Morgan fingerprint density at radius 1 is 1.47 bits per heavy atom. The molecule has 1 aliphatic rings. The molecule has 2 rings (SSSR count). The van der Waals surface area contributed by atoms with E-state index in [1.54, 1.807) is 0 Å². The van der Waals surface area contributed by atoms with Crippen molar-refractivity contribution in [3.63, 3.8) is 0 Å². The molecule has 2 heterocycles. The Morgan fingerprint density at radius 3 is 2.82 bits per heavy atom. The number of nitrogens with zero attached hydrogens (tertiary/aromatic N) is 3. The number of likely N-dealkylation sites (tertiary alicyclic amines) is 1. The maximum atomic E-state index is 12.2. The number of hydrogen-bond donors (Lipinski definition) is 1. The minimum Gasteiger partial charge on any atom is -0.338 e. The van der Waals surface area contributed by atoms with E-state index in [4.69, 9.17) is 5.73 Å². The summed E-state index contributed by atoms with van der Waals surface area (Å²) in [6.07, 6.45) is -2.68. The lowest BCUT2D eigenvalue weighted by Crippen LogP contribution is -2.42. The van der Waals surface area contributed by atoms with E-state index < -0.39 is 12.0 Å². The summed E-state index contributed by atoms with van der Waals surface area (Å²) in [6, 6.07) is 0.0637. The summed E-state index contributed by atoms with van der Waals surface area (Å²) >= 11 is 0. The summed E-state index contributed by atoms with van der Waals surface area (Å²) in [5.41, 5.74) is 5.76. The molecule has 0 aliphatic carbocycles. The third-order valence-electron chi connectivity index (χ3n) is 2.62. The molecule has 1 unspecified atom stereocenters. The topological polar surface area (TPSA) is 68.2 Å². The predicted molar refractivity (Wildman–Crippen MR) is 51.8 cm³/mol.